The number of nitrogens with one attached hydrogen (secondary N) is 1. The molecule has 0 aliphatic carbocycles. The zero-order chi connectivity index (χ0) is 19.2. The second kappa shape index (κ2) is 9.03. The average molecular weight is 376 g/mol. The lowest BCUT2D eigenvalue weighted by molar-refractivity contribution is 0.00385. The van der Waals surface area contributed by atoms with Gasteiger partial charge in [0.1, 0.15) is 11.9 Å². The Morgan fingerprint density at radius 3 is 2.89 bits per heavy atom. The van der Waals surface area contributed by atoms with Crippen LogP contribution in [-0.2, 0) is 4.74 Å². The second-order valence-corrected chi connectivity index (χ2v) is 7.08. The Bertz CT molecular complexity index is 652. The molecule has 2 aliphatic heterocycles. The van der Waals surface area contributed by atoms with Crippen LogP contribution in [0.3, 0.4) is 0 Å². The van der Waals surface area contributed by atoms with Gasteiger partial charge in [0.25, 0.3) is 5.91 Å². The molecule has 2 unspecified atom stereocenters. The molecule has 2 amide bonds. The van der Waals surface area contributed by atoms with E-state index in [0.29, 0.717) is 31.5 Å². The fraction of sp³-hybridized carbons (Fsp3) is 0.632. The molecule has 27 heavy (non-hydrogen) atoms. The van der Waals surface area contributed by atoms with E-state index in [2.05, 4.69) is 15.2 Å². The van der Waals surface area contributed by atoms with E-state index in [-0.39, 0.29) is 30.8 Å². The van der Waals surface area contributed by atoms with Crippen LogP contribution in [0, 0.1) is 0 Å². The number of pyridine rings is 1. The highest BCUT2D eigenvalue weighted by Crippen LogP contribution is 2.25. The third-order valence-corrected chi connectivity index (χ3v) is 5.28. The van der Waals surface area contributed by atoms with Crippen LogP contribution in [0.25, 0.3) is 0 Å². The van der Waals surface area contributed by atoms with Crippen molar-refractivity contribution in [3.05, 3.63) is 23.9 Å². The van der Waals surface area contributed by atoms with Crippen LogP contribution in [0.5, 0.6) is 0 Å². The molecular formula is C19H28N4O4. The SMILES string of the molecule is CNC(=O)c1ccc(N2CCCC(N3CCC(CCCO)OC3=O)C2)nc1. The van der Waals surface area contributed by atoms with E-state index in [1.54, 1.807) is 19.3 Å². The second-order valence-electron chi connectivity index (χ2n) is 7.08. The molecule has 3 rings (SSSR count). The molecule has 2 aliphatic rings. The molecule has 8 nitrogen and oxygen atoms in total. The standard InChI is InChI=1S/C19H28N4O4/c1-20-18(25)14-6-7-17(21-12-14)22-9-2-4-15(13-22)23-10-8-16(5-3-11-24)27-19(23)26/h6-7,12,15-16,24H,2-5,8-11,13H2,1H3,(H,20,25). The van der Waals surface area contributed by atoms with E-state index in [1.807, 2.05) is 11.0 Å². The predicted octanol–water partition coefficient (Wildman–Crippen LogP) is 1.39. The molecule has 0 radical (unpaired) electrons. The summed E-state index contributed by atoms with van der Waals surface area (Å²) in [5, 5.41) is 11.5. The summed E-state index contributed by atoms with van der Waals surface area (Å²) in [7, 11) is 1.59. The minimum Gasteiger partial charge on any atom is -0.446 e. The number of rotatable bonds is 6. The third kappa shape index (κ3) is 4.68. The molecule has 3 heterocycles. The Balaban J connectivity index is 1.59. The molecule has 1 aromatic heterocycles. The van der Waals surface area contributed by atoms with Crippen LogP contribution in [-0.4, -0.2) is 72.4 Å². The van der Waals surface area contributed by atoms with Gasteiger partial charge in [-0.1, -0.05) is 0 Å². The summed E-state index contributed by atoms with van der Waals surface area (Å²) in [6, 6.07) is 3.73. The van der Waals surface area contributed by atoms with Crippen LogP contribution in [0.15, 0.2) is 18.3 Å². The highest BCUT2D eigenvalue weighted by atomic mass is 16.6. The maximum Gasteiger partial charge on any atom is 0.410 e. The average Bonchev–Trinajstić information content (AvgIpc) is 2.72. The summed E-state index contributed by atoms with van der Waals surface area (Å²) < 4.78 is 5.55. The van der Waals surface area contributed by atoms with E-state index in [0.717, 1.165) is 31.6 Å². The lowest BCUT2D eigenvalue weighted by Crippen LogP contribution is -2.54. The molecule has 2 saturated heterocycles. The summed E-state index contributed by atoms with van der Waals surface area (Å²) in [4.78, 5) is 32.5. The summed E-state index contributed by atoms with van der Waals surface area (Å²) in [6.07, 6.45) is 5.35. The number of anilines is 1. The van der Waals surface area contributed by atoms with E-state index >= 15 is 0 Å². The monoisotopic (exact) mass is 376 g/mol. The van der Waals surface area contributed by atoms with Gasteiger partial charge in [-0.25, -0.2) is 9.78 Å². The Hall–Kier alpha value is -2.35. The Morgan fingerprint density at radius 2 is 2.22 bits per heavy atom. The molecule has 0 spiro atoms. The molecule has 2 atom stereocenters. The van der Waals surface area contributed by atoms with Crippen molar-refractivity contribution in [3.63, 3.8) is 0 Å². The molecule has 148 valence electrons. The van der Waals surface area contributed by atoms with E-state index in [1.165, 1.54) is 0 Å². The molecule has 1 aromatic rings. The van der Waals surface area contributed by atoms with E-state index in [4.69, 9.17) is 9.84 Å². The van der Waals surface area contributed by atoms with Gasteiger partial charge in [-0.05, 0) is 37.8 Å². The number of hydrogen-bond acceptors (Lipinski definition) is 6. The van der Waals surface area contributed by atoms with Gasteiger partial charge in [-0.2, -0.15) is 0 Å². The van der Waals surface area contributed by atoms with Crippen LogP contribution >= 0.6 is 0 Å². The van der Waals surface area contributed by atoms with Gasteiger partial charge >= 0.3 is 6.09 Å². The van der Waals surface area contributed by atoms with Gasteiger partial charge in [0.05, 0.1) is 11.6 Å². The van der Waals surface area contributed by atoms with Crippen LogP contribution < -0.4 is 10.2 Å². The number of carbonyl (C=O) groups is 2. The number of aliphatic hydroxyl groups excluding tert-OH is 1. The molecule has 8 heteroatoms. The highest BCUT2D eigenvalue weighted by Gasteiger charge is 2.34. The molecule has 0 bridgehead atoms. The minimum absolute atomic E-state index is 0.0838. The quantitative estimate of drug-likeness (QED) is 0.779. The van der Waals surface area contributed by atoms with Crippen LogP contribution in [0.1, 0.15) is 42.5 Å². The van der Waals surface area contributed by atoms with Gasteiger partial charge in [0.15, 0.2) is 0 Å². The molecule has 0 saturated carbocycles. The number of ether oxygens (including phenoxy) is 1. The first-order chi connectivity index (χ1) is 13.1. The van der Waals surface area contributed by atoms with Gasteiger partial charge in [0, 0.05) is 45.9 Å². The summed E-state index contributed by atoms with van der Waals surface area (Å²) in [5.74, 6) is 0.663. The number of nitrogens with zero attached hydrogens (tertiary/aromatic N) is 3. The van der Waals surface area contributed by atoms with Crippen LogP contribution in [0.4, 0.5) is 10.6 Å². The van der Waals surface area contributed by atoms with Gasteiger partial charge in [-0.3, -0.25) is 4.79 Å². The zero-order valence-corrected chi connectivity index (χ0v) is 15.8. The summed E-state index contributed by atoms with van der Waals surface area (Å²) in [5.41, 5.74) is 0.531. The number of cyclic esters (lactones) is 1. The predicted molar refractivity (Wildman–Crippen MR) is 101 cm³/mol. The number of amides is 2. The van der Waals surface area contributed by atoms with E-state index < -0.39 is 0 Å². The molecule has 2 fully saturated rings. The Morgan fingerprint density at radius 1 is 1.37 bits per heavy atom. The van der Waals surface area contributed by atoms with Gasteiger partial charge in [-0.15, -0.1) is 0 Å². The minimum atomic E-state index is -0.251. The number of piperidine rings is 1. The number of carbonyl (C=O) groups excluding carboxylic acids is 2. The smallest absolute Gasteiger partial charge is 0.410 e. The highest BCUT2D eigenvalue weighted by molar-refractivity contribution is 5.93. The van der Waals surface area contributed by atoms with Crippen molar-refractivity contribution in [2.75, 3.05) is 38.2 Å². The van der Waals surface area contributed by atoms with Crippen molar-refractivity contribution in [2.45, 2.75) is 44.2 Å². The van der Waals surface area contributed by atoms with Crippen molar-refractivity contribution in [3.8, 4) is 0 Å². The number of aromatic nitrogens is 1. The fourth-order valence-electron chi connectivity index (χ4n) is 3.77. The van der Waals surface area contributed by atoms with Gasteiger partial charge < -0.3 is 25.0 Å². The Kier molecular flexibility index (Phi) is 6.49. The fourth-order valence-corrected chi connectivity index (χ4v) is 3.77. The first-order valence-electron chi connectivity index (χ1n) is 9.63. The maximum atomic E-state index is 12.4. The summed E-state index contributed by atoms with van der Waals surface area (Å²) in [6.45, 7) is 2.41. The van der Waals surface area contributed by atoms with E-state index in [9.17, 15) is 9.59 Å². The van der Waals surface area contributed by atoms with Crippen molar-refractivity contribution in [1.82, 2.24) is 15.2 Å². The van der Waals surface area contributed by atoms with Crippen LogP contribution in [0.2, 0.25) is 0 Å². The first-order valence-corrected chi connectivity index (χ1v) is 9.63. The third-order valence-electron chi connectivity index (χ3n) is 5.28. The van der Waals surface area contributed by atoms with Crippen molar-refractivity contribution in [1.29, 1.82) is 0 Å². The van der Waals surface area contributed by atoms with Crippen molar-refractivity contribution in [2.24, 2.45) is 0 Å². The maximum absolute atomic E-state index is 12.4. The Labute approximate surface area is 159 Å². The molecular weight excluding hydrogens is 348 g/mol. The van der Waals surface area contributed by atoms with Crippen molar-refractivity contribution < 1.29 is 19.4 Å². The summed E-state index contributed by atoms with van der Waals surface area (Å²) >= 11 is 0. The number of hydrogen-bond donors (Lipinski definition) is 2. The molecule has 2 N–H and O–H groups in total. The van der Waals surface area contributed by atoms with Gasteiger partial charge in [0.2, 0.25) is 0 Å². The largest absolute Gasteiger partial charge is 0.446 e. The first kappa shape index (κ1) is 19.4. The lowest BCUT2D eigenvalue weighted by atomic mass is 10.0. The lowest BCUT2D eigenvalue weighted by Gasteiger charge is -2.42. The normalized spacial score (nSPS) is 23.1. The number of aliphatic hydroxyl groups is 1. The van der Waals surface area contributed by atoms with Crippen molar-refractivity contribution >= 4 is 17.8 Å². The zero-order valence-electron chi connectivity index (χ0n) is 15.8. The topological polar surface area (TPSA) is 95.0 Å². The molecule has 0 aromatic carbocycles.